The molecule has 1 amide bonds. The molecule has 0 aliphatic heterocycles. The maximum atomic E-state index is 12.0. The molecule has 1 atom stereocenters. The van der Waals surface area contributed by atoms with Gasteiger partial charge in [-0.15, -0.1) is 0 Å². The molecule has 0 aromatic rings. The number of hydrogen-bond acceptors (Lipinski definition) is 2. The lowest BCUT2D eigenvalue weighted by Gasteiger charge is -2.29. The van der Waals surface area contributed by atoms with Gasteiger partial charge in [-0.05, 0) is 19.8 Å². The van der Waals surface area contributed by atoms with E-state index in [1.54, 1.807) is 6.92 Å². The highest BCUT2D eigenvalue weighted by Crippen LogP contribution is 2.21. The van der Waals surface area contributed by atoms with Crippen molar-refractivity contribution < 1.29 is 27.9 Å². The Morgan fingerprint density at radius 1 is 1.31 bits per heavy atom. The van der Waals surface area contributed by atoms with Crippen molar-refractivity contribution in [2.24, 2.45) is 0 Å². The Morgan fingerprint density at radius 3 is 2.12 bits per heavy atom. The van der Waals surface area contributed by atoms with E-state index in [9.17, 15) is 22.8 Å². The highest BCUT2D eigenvalue weighted by atomic mass is 19.4. The molecule has 1 unspecified atom stereocenters. The summed E-state index contributed by atoms with van der Waals surface area (Å²) >= 11 is 0. The maximum Gasteiger partial charge on any atom is 0.471 e. The smallest absolute Gasteiger partial charge is 0.471 e. The number of aliphatic carboxylic acids is 1. The van der Waals surface area contributed by atoms with E-state index in [0.29, 0.717) is 0 Å². The minimum absolute atomic E-state index is 0.0410. The second kappa shape index (κ2) is 5.18. The van der Waals surface area contributed by atoms with Gasteiger partial charge in [0, 0.05) is 12.0 Å². The number of carboxylic acids is 1. The lowest BCUT2D eigenvalue weighted by Crippen LogP contribution is -2.50. The topological polar surface area (TPSA) is 66.4 Å². The average Bonchev–Trinajstić information content (AvgIpc) is 2.13. The molecule has 0 bridgehead atoms. The zero-order chi connectivity index (χ0) is 13.0. The third-order valence-electron chi connectivity index (χ3n) is 2.34. The van der Waals surface area contributed by atoms with Crippen molar-refractivity contribution in [2.45, 2.75) is 44.8 Å². The average molecular weight is 241 g/mol. The van der Waals surface area contributed by atoms with Gasteiger partial charge in [0.2, 0.25) is 0 Å². The van der Waals surface area contributed by atoms with Gasteiger partial charge in [-0.25, -0.2) is 0 Å². The summed E-state index contributed by atoms with van der Waals surface area (Å²) in [5.41, 5.74) is -1.15. The lowest BCUT2D eigenvalue weighted by atomic mass is 9.92. The van der Waals surface area contributed by atoms with Crippen molar-refractivity contribution in [3.63, 3.8) is 0 Å². The molecule has 0 spiro atoms. The molecule has 0 aliphatic carbocycles. The van der Waals surface area contributed by atoms with Crippen LogP contribution in [0.1, 0.15) is 33.1 Å². The molecule has 16 heavy (non-hydrogen) atoms. The van der Waals surface area contributed by atoms with Crippen molar-refractivity contribution in [3.05, 3.63) is 0 Å². The van der Waals surface area contributed by atoms with Crippen LogP contribution in [-0.4, -0.2) is 28.7 Å². The van der Waals surface area contributed by atoms with Crippen molar-refractivity contribution in [1.29, 1.82) is 0 Å². The number of alkyl halides is 3. The second-order valence-corrected chi connectivity index (χ2v) is 3.76. The van der Waals surface area contributed by atoms with Gasteiger partial charge in [0.05, 0.1) is 0 Å². The first-order valence-electron chi connectivity index (χ1n) is 4.72. The van der Waals surface area contributed by atoms with E-state index in [4.69, 9.17) is 5.11 Å². The summed E-state index contributed by atoms with van der Waals surface area (Å²) in [6, 6.07) is 0. The summed E-state index contributed by atoms with van der Waals surface area (Å²) in [7, 11) is 0. The normalized spacial score (nSPS) is 15.3. The summed E-state index contributed by atoms with van der Waals surface area (Å²) in [5, 5.41) is 10.2. The van der Waals surface area contributed by atoms with Crippen molar-refractivity contribution >= 4 is 11.9 Å². The molecule has 2 N–H and O–H groups in total. The SMILES string of the molecule is CCC(C)(CCC(=O)O)NC(=O)C(F)(F)F. The molecule has 7 heteroatoms. The fourth-order valence-electron chi connectivity index (χ4n) is 1.06. The van der Waals surface area contributed by atoms with E-state index in [1.807, 2.05) is 5.32 Å². The van der Waals surface area contributed by atoms with Gasteiger partial charge in [-0.3, -0.25) is 9.59 Å². The fraction of sp³-hybridized carbons (Fsp3) is 0.778. The summed E-state index contributed by atoms with van der Waals surface area (Å²) in [6.07, 6.45) is -5.05. The molecule has 0 aromatic heterocycles. The molecule has 0 saturated carbocycles. The van der Waals surface area contributed by atoms with Crippen LogP contribution in [0.4, 0.5) is 13.2 Å². The van der Waals surface area contributed by atoms with Crippen LogP contribution in [-0.2, 0) is 9.59 Å². The number of carbonyl (C=O) groups is 2. The van der Waals surface area contributed by atoms with Crippen molar-refractivity contribution in [3.8, 4) is 0 Å². The first-order chi connectivity index (χ1) is 7.10. The predicted molar refractivity (Wildman–Crippen MR) is 49.8 cm³/mol. The Labute approximate surface area is 90.8 Å². The van der Waals surface area contributed by atoms with Crippen molar-refractivity contribution in [2.75, 3.05) is 0 Å². The van der Waals surface area contributed by atoms with E-state index in [0.717, 1.165) is 0 Å². The number of halogens is 3. The van der Waals surface area contributed by atoms with Gasteiger partial charge in [-0.2, -0.15) is 13.2 Å². The molecule has 0 fully saturated rings. The number of nitrogens with one attached hydrogen (secondary N) is 1. The van der Waals surface area contributed by atoms with Crippen LogP contribution in [0.3, 0.4) is 0 Å². The van der Waals surface area contributed by atoms with E-state index in [1.165, 1.54) is 6.92 Å². The molecule has 4 nitrogen and oxygen atoms in total. The maximum absolute atomic E-state index is 12.0. The van der Waals surface area contributed by atoms with E-state index in [2.05, 4.69) is 0 Å². The van der Waals surface area contributed by atoms with E-state index in [-0.39, 0.29) is 19.3 Å². The predicted octanol–water partition coefficient (Wildman–Crippen LogP) is 1.70. The van der Waals surface area contributed by atoms with E-state index >= 15 is 0 Å². The Hall–Kier alpha value is -1.27. The Bertz CT molecular complexity index is 278. The van der Waals surface area contributed by atoms with Crippen molar-refractivity contribution in [1.82, 2.24) is 5.32 Å². The van der Waals surface area contributed by atoms with Crippen LogP contribution in [0.2, 0.25) is 0 Å². The van der Waals surface area contributed by atoms with Gasteiger partial charge in [0.25, 0.3) is 0 Å². The molecule has 94 valence electrons. The lowest BCUT2D eigenvalue weighted by molar-refractivity contribution is -0.175. The monoisotopic (exact) mass is 241 g/mol. The van der Waals surface area contributed by atoms with E-state index < -0.39 is 23.6 Å². The fourth-order valence-corrected chi connectivity index (χ4v) is 1.06. The molecule has 0 heterocycles. The molecular weight excluding hydrogens is 227 g/mol. The molecule has 0 radical (unpaired) electrons. The summed E-state index contributed by atoms with van der Waals surface area (Å²) in [4.78, 5) is 21.0. The highest BCUT2D eigenvalue weighted by Gasteiger charge is 2.41. The zero-order valence-electron chi connectivity index (χ0n) is 9.02. The molecule has 0 aliphatic rings. The first kappa shape index (κ1) is 14.7. The van der Waals surface area contributed by atoms with Crippen LogP contribution < -0.4 is 5.32 Å². The number of carboxylic acid groups (broad SMARTS) is 1. The standard InChI is InChI=1S/C9H14F3NO3/c1-3-8(2,5-4-6(14)15)13-7(16)9(10,11)12/h3-5H2,1-2H3,(H,13,16)(H,14,15). The van der Waals surface area contributed by atoms with Crippen LogP contribution in [0, 0.1) is 0 Å². The molecular formula is C9H14F3NO3. The molecule has 0 saturated heterocycles. The summed E-state index contributed by atoms with van der Waals surface area (Å²) in [5.74, 6) is -3.15. The van der Waals surface area contributed by atoms with Gasteiger partial charge in [0.15, 0.2) is 0 Å². The third kappa shape index (κ3) is 4.99. The molecule has 0 aromatic carbocycles. The Balaban J connectivity index is 4.48. The Morgan fingerprint density at radius 2 is 1.81 bits per heavy atom. The van der Waals surface area contributed by atoms with Gasteiger partial charge < -0.3 is 10.4 Å². The third-order valence-corrected chi connectivity index (χ3v) is 2.34. The van der Waals surface area contributed by atoms with Crippen LogP contribution >= 0.6 is 0 Å². The first-order valence-corrected chi connectivity index (χ1v) is 4.72. The summed E-state index contributed by atoms with van der Waals surface area (Å²) < 4.78 is 36.0. The van der Waals surface area contributed by atoms with Gasteiger partial charge >= 0.3 is 18.1 Å². The zero-order valence-corrected chi connectivity index (χ0v) is 9.02. The number of carbonyl (C=O) groups excluding carboxylic acids is 1. The highest BCUT2D eigenvalue weighted by molar-refractivity contribution is 5.82. The van der Waals surface area contributed by atoms with Gasteiger partial charge in [-0.1, -0.05) is 6.92 Å². The molecule has 0 rings (SSSR count). The Kier molecular flexibility index (Phi) is 4.77. The van der Waals surface area contributed by atoms with Crippen LogP contribution in [0.5, 0.6) is 0 Å². The second-order valence-electron chi connectivity index (χ2n) is 3.76. The van der Waals surface area contributed by atoms with Crippen LogP contribution in [0.25, 0.3) is 0 Å². The number of rotatable bonds is 5. The van der Waals surface area contributed by atoms with Crippen LogP contribution in [0.15, 0.2) is 0 Å². The number of hydrogen-bond donors (Lipinski definition) is 2. The van der Waals surface area contributed by atoms with Gasteiger partial charge in [0.1, 0.15) is 0 Å². The quantitative estimate of drug-likeness (QED) is 0.769. The largest absolute Gasteiger partial charge is 0.481 e. The minimum Gasteiger partial charge on any atom is -0.481 e. The minimum atomic E-state index is -4.94. The summed E-state index contributed by atoms with van der Waals surface area (Å²) in [6.45, 7) is 2.97. The number of amides is 1.